The van der Waals surface area contributed by atoms with Crippen LogP contribution in [0.1, 0.15) is 4.88 Å². The lowest BCUT2D eigenvalue weighted by Crippen LogP contribution is -2.48. The van der Waals surface area contributed by atoms with E-state index in [-0.39, 0.29) is 11.7 Å². The lowest BCUT2D eigenvalue weighted by Gasteiger charge is -2.34. The third-order valence-corrected chi connectivity index (χ3v) is 7.63. The van der Waals surface area contributed by atoms with Crippen LogP contribution >= 0.6 is 11.3 Å². The quantitative estimate of drug-likeness (QED) is 0.556. The fourth-order valence-corrected chi connectivity index (χ4v) is 5.62. The fourth-order valence-electron chi connectivity index (χ4n) is 4.46. The van der Waals surface area contributed by atoms with Gasteiger partial charge in [-0.15, -0.1) is 11.3 Å². The molecule has 2 fully saturated rings. The maximum atomic E-state index is 12.0. The van der Waals surface area contributed by atoms with Crippen molar-refractivity contribution in [1.29, 1.82) is 0 Å². The van der Waals surface area contributed by atoms with Gasteiger partial charge in [0.15, 0.2) is 11.6 Å². The number of hydrogen-bond donors (Lipinski definition) is 1. The highest BCUT2D eigenvalue weighted by atomic mass is 32.1. The number of hydrogen-bond acceptors (Lipinski definition) is 9. The highest BCUT2D eigenvalue weighted by Crippen LogP contribution is 2.35. The van der Waals surface area contributed by atoms with Crippen molar-refractivity contribution in [1.82, 2.24) is 24.7 Å². The fraction of sp³-hybridized carbons (Fsp3) is 0.480. The topological polar surface area (TPSA) is 85.3 Å². The molecule has 4 heterocycles. The summed E-state index contributed by atoms with van der Waals surface area (Å²) in [5.74, 6) is 1.93. The van der Waals surface area contributed by atoms with Crippen molar-refractivity contribution >= 4 is 33.3 Å². The molecular weight excluding hydrogens is 464 g/mol. The smallest absolute Gasteiger partial charge is 0.236 e. The van der Waals surface area contributed by atoms with Crippen LogP contribution < -0.4 is 4.90 Å². The van der Waals surface area contributed by atoms with Crippen molar-refractivity contribution in [3.05, 3.63) is 35.2 Å². The van der Waals surface area contributed by atoms with Crippen molar-refractivity contribution in [3.8, 4) is 17.1 Å². The molecule has 2 saturated heterocycles. The Balaban J connectivity index is 1.37. The first-order chi connectivity index (χ1) is 17.0. The zero-order valence-electron chi connectivity index (χ0n) is 20.3. The van der Waals surface area contributed by atoms with Crippen molar-refractivity contribution < 1.29 is 14.6 Å². The molecule has 0 bridgehead atoms. The summed E-state index contributed by atoms with van der Waals surface area (Å²) in [7, 11) is 3.61. The number of aromatic nitrogens is 2. The van der Waals surface area contributed by atoms with Crippen molar-refractivity contribution in [2.45, 2.75) is 6.54 Å². The molecule has 2 aliphatic rings. The van der Waals surface area contributed by atoms with Gasteiger partial charge in [0.2, 0.25) is 5.91 Å². The molecule has 186 valence electrons. The van der Waals surface area contributed by atoms with E-state index in [1.165, 1.54) is 4.88 Å². The van der Waals surface area contributed by atoms with Crippen LogP contribution in [0.3, 0.4) is 0 Å². The summed E-state index contributed by atoms with van der Waals surface area (Å²) in [4.78, 5) is 31.7. The number of thiophene rings is 1. The van der Waals surface area contributed by atoms with Gasteiger partial charge in [-0.1, -0.05) is 12.1 Å². The number of rotatable bonds is 6. The third-order valence-electron chi connectivity index (χ3n) is 6.52. The van der Waals surface area contributed by atoms with Crippen LogP contribution in [0.15, 0.2) is 30.3 Å². The number of phenolic OH excluding ortho intramolecular Hbond substituents is 1. The van der Waals surface area contributed by atoms with Crippen LogP contribution in [0.5, 0.6) is 5.75 Å². The van der Waals surface area contributed by atoms with Crippen LogP contribution in [0.2, 0.25) is 0 Å². The summed E-state index contributed by atoms with van der Waals surface area (Å²) >= 11 is 1.76. The molecule has 0 aliphatic carbocycles. The van der Waals surface area contributed by atoms with Crippen molar-refractivity contribution in [3.63, 3.8) is 0 Å². The number of likely N-dealkylation sites (N-methyl/N-ethyl adjacent to an activating group) is 1. The summed E-state index contributed by atoms with van der Waals surface area (Å²) in [5, 5.41) is 9.98. The number of carbonyl (C=O) groups is 1. The molecule has 1 aromatic carbocycles. The predicted molar refractivity (Wildman–Crippen MR) is 138 cm³/mol. The van der Waals surface area contributed by atoms with E-state index < -0.39 is 0 Å². The number of benzene rings is 1. The second kappa shape index (κ2) is 10.4. The number of piperazine rings is 1. The first-order valence-corrected chi connectivity index (χ1v) is 12.9. The maximum absolute atomic E-state index is 12.0. The van der Waals surface area contributed by atoms with E-state index in [2.05, 4.69) is 20.8 Å². The Labute approximate surface area is 209 Å². The Bertz CT molecular complexity index is 1190. The number of phenols is 1. The number of fused-ring (bicyclic) bond motifs is 1. The molecule has 3 aromatic rings. The summed E-state index contributed by atoms with van der Waals surface area (Å²) < 4.78 is 6.66. The molecule has 2 aromatic heterocycles. The second-order valence-electron chi connectivity index (χ2n) is 9.29. The van der Waals surface area contributed by atoms with Gasteiger partial charge in [-0.25, -0.2) is 9.97 Å². The SMILES string of the molecule is CN(C)C(=O)CN1CCN(Cc2cc3nc(-c4cccc(O)c4)nc(N4CCOCC4)c3s2)CC1. The van der Waals surface area contributed by atoms with Gasteiger partial charge in [0.1, 0.15) is 5.75 Å². The Morgan fingerprint density at radius 1 is 1.06 bits per heavy atom. The third kappa shape index (κ3) is 5.56. The van der Waals surface area contributed by atoms with E-state index in [1.54, 1.807) is 42.5 Å². The Morgan fingerprint density at radius 2 is 1.80 bits per heavy atom. The van der Waals surface area contributed by atoms with Gasteiger partial charge < -0.3 is 19.6 Å². The van der Waals surface area contributed by atoms with E-state index >= 15 is 0 Å². The molecule has 2 aliphatic heterocycles. The second-order valence-corrected chi connectivity index (χ2v) is 10.4. The number of nitrogens with zero attached hydrogens (tertiary/aromatic N) is 6. The van der Waals surface area contributed by atoms with E-state index in [0.29, 0.717) is 25.6 Å². The number of anilines is 1. The minimum atomic E-state index is 0.153. The van der Waals surface area contributed by atoms with Gasteiger partial charge in [0.25, 0.3) is 0 Å². The van der Waals surface area contributed by atoms with E-state index in [4.69, 9.17) is 14.7 Å². The van der Waals surface area contributed by atoms with Gasteiger partial charge in [-0.3, -0.25) is 14.6 Å². The monoisotopic (exact) mass is 496 g/mol. The van der Waals surface area contributed by atoms with Crippen LogP contribution in [0.4, 0.5) is 5.82 Å². The molecule has 1 amide bonds. The standard InChI is InChI=1S/C25H32N6O3S/c1-28(2)22(33)17-30-8-6-29(7-9-30)16-20-15-21-23(35-20)25(31-10-12-34-13-11-31)27-24(26-21)18-4-3-5-19(32)14-18/h3-5,14-15,32H,6-13,16-17H2,1-2H3. The highest BCUT2D eigenvalue weighted by molar-refractivity contribution is 7.19. The largest absolute Gasteiger partial charge is 0.508 e. The van der Waals surface area contributed by atoms with Crippen LogP contribution in [-0.2, 0) is 16.1 Å². The minimum Gasteiger partial charge on any atom is -0.508 e. The molecule has 0 saturated carbocycles. The summed E-state index contributed by atoms with van der Waals surface area (Å²) in [6.07, 6.45) is 0. The van der Waals surface area contributed by atoms with Gasteiger partial charge >= 0.3 is 0 Å². The molecule has 0 spiro atoms. The normalized spacial score (nSPS) is 17.7. The van der Waals surface area contributed by atoms with Crippen LogP contribution in [-0.4, -0.2) is 109 Å². The van der Waals surface area contributed by atoms with E-state index in [1.807, 2.05) is 12.1 Å². The number of amides is 1. The van der Waals surface area contributed by atoms with Crippen LogP contribution in [0, 0.1) is 0 Å². The van der Waals surface area contributed by atoms with Gasteiger partial charge in [0.05, 0.1) is 30.0 Å². The Morgan fingerprint density at radius 3 is 2.51 bits per heavy atom. The van der Waals surface area contributed by atoms with Gasteiger partial charge in [-0.05, 0) is 18.2 Å². The van der Waals surface area contributed by atoms with E-state index in [0.717, 1.165) is 67.4 Å². The molecule has 10 heteroatoms. The Kier molecular flexibility index (Phi) is 7.14. The molecule has 1 N–H and O–H groups in total. The maximum Gasteiger partial charge on any atom is 0.236 e. The molecule has 35 heavy (non-hydrogen) atoms. The molecule has 0 atom stereocenters. The molecular formula is C25H32N6O3S. The summed E-state index contributed by atoms with van der Waals surface area (Å²) in [6.45, 7) is 7.98. The average Bonchev–Trinajstić information content (AvgIpc) is 3.27. The molecule has 0 radical (unpaired) electrons. The number of aromatic hydroxyl groups is 1. The Hall–Kier alpha value is -2.79. The lowest BCUT2D eigenvalue weighted by molar-refractivity contribution is -0.130. The lowest BCUT2D eigenvalue weighted by atomic mass is 10.2. The molecule has 9 nitrogen and oxygen atoms in total. The first kappa shape index (κ1) is 23.9. The first-order valence-electron chi connectivity index (χ1n) is 12.0. The van der Waals surface area contributed by atoms with Gasteiger partial charge in [0, 0.05) is 70.3 Å². The summed E-state index contributed by atoms with van der Waals surface area (Å²) in [6, 6.07) is 9.29. The number of carbonyl (C=O) groups excluding carboxylic acids is 1. The summed E-state index contributed by atoms with van der Waals surface area (Å²) in [5.41, 5.74) is 1.74. The van der Waals surface area contributed by atoms with Crippen molar-refractivity contribution in [2.24, 2.45) is 0 Å². The zero-order valence-corrected chi connectivity index (χ0v) is 21.1. The minimum absolute atomic E-state index is 0.153. The average molecular weight is 497 g/mol. The van der Waals surface area contributed by atoms with Gasteiger partial charge in [-0.2, -0.15) is 0 Å². The zero-order chi connectivity index (χ0) is 24.4. The predicted octanol–water partition coefficient (Wildman–Crippen LogP) is 2.11. The van der Waals surface area contributed by atoms with Crippen LogP contribution in [0.25, 0.3) is 21.6 Å². The number of ether oxygens (including phenoxy) is 1. The number of morpholine rings is 1. The highest BCUT2D eigenvalue weighted by Gasteiger charge is 2.23. The van der Waals surface area contributed by atoms with Crippen molar-refractivity contribution in [2.75, 3.05) is 78.0 Å². The van der Waals surface area contributed by atoms with E-state index in [9.17, 15) is 9.90 Å². The molecule has 0 unspecified atom stereocenters. The molecule has 5 rings (SSSR count).